The minimum atomic E-state index is -0.544. The SMILES string of the molecule is CCCc1[nH]nc(C(=O)N2CCC(C(=O)NC3CC3)CC2)c1[N+](=O)[O-]. The molecule has 25 heavy (non-hydrogen) atoms. The van der Waals surface area contributed by atoms with Crippen LogP contribution < -0.4 is 5.32 Å². The average Bonchev–Trinajstić information content (AvgIpc) is 3.31. The topological polar surface area (TPSA) is 121 Å². The van der Waals surface area contributed by atoms with Crippen molar-refractivity contribution >= 4 is 17.5 Å². The number of aromatic nitrogens is 2. The molecule has 2 N–H and O–H groups in total. The first kappa shape index (κ1) is 17.4. The second-order valence-corrected chi connectivity index (χ2v) is 6.76. The van der Waals surface area contributed by atoms with Crippen LogP contribution in [0.5, 0.6) is 0 Å². The number of H-pyrrole nitrogens is 1. The minimum Gasteiger partial charge on any atom is -0.353 e. The zero-order chi connectivity index (χ0) is 18.0. The molecule has 9 nitrogen and oxygen atoms in total. The standard InChI is InChI=1S/C16H23N5O4/c1-2-3-12-14(21(24)25)13(19-18-12)16(23)20-8-6-10(7-9-20)15(22)17-11-4-5-11/h10-11H,2-9H2,1H3,(H,17,22)(H,18,19). The lowest BCUT2D eigenvalue weighted by molar-refractivity contribution is -0.385. The number of nitro groups is 1. The normalized spacial score (nSPS) is 18.2. The van der Waals surface area contributed by atoms with Crippen LogP contribution in [0.1, 0.15) is 55.2 Å². The van der Waals surface area contributed by atoms with Crippen LogP contribution in [0.15, 0.2) is 0 Å². The lowest BCUT2D eigenvalue weighted by Crippen LogP contribution is -2.43. The molecule has 0 bridgehead atoms. The molecule has 2 fully saturated rings. The highest BCUT2D eigenvalue weighted by molar-refractivity contribution is 5.96. The molecule has 2 heterocycles. The Morgan fingerprint density at radius 2 is 2.00 bits per heavy atom. The van der Waals surface area contributed by atoms with Crippen LogP contribution in [0.3, 0.4) is 0 Å². The molecule has 1 saturated carbocycles. The number of likely N-dealkylation sites (tertiary alicyclic amines) is 1. The van der Waals surface area contributed by atoms with Crippen LogP contribution in [0.2, 0.25) is 0 Å². The van der Waals surface area contributed by atoms with E-state index in [4.69, 9.17) is 0 Å². The average molecular weight is 349 g/mol. The van der Waals surface area contributed by atoms with Crippen LogP contribution in [0, 0.1) is 16.0 Å². The zero-order valence-corrected chi connectivity index (χ0v) is 14.3. The number of carbonyl (C=O) groups is 2. The van der Waals surface area contributed by atoms with Gasteiger partial charge in [-0.05, 0) is 32.1 Å². The molecule has 2 aliphatic rings. The molecule has 3 rings (SSSR count). The van der Waals surface area contributed by atoms with Crippen molar-refractivity contribution in [2.45, 2.75) is 51.5 Å². The molecule has 0 atom stereocenters. The zero-order valence-electron chi connectivity index (χ0n) is 14.3. The molecule has 1 aromatic heterocycles. The summed E-state index contributed by atoms with van der Waals surface area (Å²) in [6.07, 6.45) is 4.44. The Morgan fingerprint density at radius 1 is 1.32 bits per heavy atom. The molecule has 2 amide bonds. The van der Waals surface area contributed by atoms with Gasteiger partial charge in [-0.3, -0.25) is 24.8 Å². The van der Waals surface area contributed by atoms with Gasteiger partial charge in [0.2, 0.25) is 11.6 Å². The summed E-state index contributed by atoms with van der Waals surface area (Å²) >= 11 is 0. The van der Waals surface area contributed by atoms with Crippen molar-refractivity contribution in [2.75, 3.05) is 13.1 Å². The monoisotopic (exact) mass is 349 g/mol. The van der Waals surface area contributed by atoms with Crippen molar-refractivity contribution < 1.29 is 14.5 Å². The van der Waals surface area contributed by atoms with Crippen molar-refractivity contribution in [3.8, 4) is 0 Å². The molecule has 0 aromatic carbocycles. The smallest absolute Gasteiger partial charge is 0.322 e. The number of nitrogens with one attached hydrogen (secondary N) is 2. The Bertz CT molecular complexity index is 674. The number of amides is 2. The fourth-order valence-corrected chi connectivity index (χ4v) is 3.18. The van der Waals surface area contributed by atoms with Gasteiger partial charge in [0.25, 0.3) is 5.91 Å². The molecule has 1 aliphatic carbocycles. The van der Waals surface area contributed by atoms with Crippen LogP contribution in [0.25, 0.3) is 0 Å². The van der Waals surface area contributed by atoms with Crippen LogP contribution >= 0.6 is 0 Å². The van der Waals surface area contributed by atoms with Crippen molar-refractivity contribution in [1.82, 2.24) is 20.4 Å². The van der Waals surface area contributed by atoms with Gasteiger partial charge in [0, 0.05) is 25.0 Å². The third kappa shape index (κ3) is 3.80. The molecule has 1 aliphatic heterocycles. The summed E-state index contributed by atoms with van der Waals surface area (Å²) in [6.45, 7) is 2.73. The van der Waals surface area contributed by atoms with Crippen molar-refractivity contribution in [1.29, 1.82) is 0 Å². The van der Waals surface area contributed by atoms with Gasteiger partial charge >= 0.3 is 5.69 Å². The molecule has 1 aromatic rings. The lowest BCUT2D eigenvalue weighted by atomic mass is 9.95. The minimum absolute atomic E-state index is 0.0607. The summed E-state index contributed by atoms with van der Waals surface area (Å²) < 4.78 is 0. The molecule has 1 saturated heterocycles. The van der Waals surface area contributed by atoms with Crippen molar-refractivity contribution in [3.05, 3.63) is 21.5 Å². The number of aryl methyl sites for hydroxylation is 1. The van der Waals surface area contributed by atoms with Gasteiger partial charge in [0.05, 0.1) is 4.92 Å². The largest absolute Gasteiger partial charge is 0.353 e. The quantitative estimate of drug-likeness (QED) is 0.594. The highest BCUT2D eigenvalue weighted by Crippen LogP contribution is 2.27. The van der Waals surface area contributed by atoms with Crippen LogP contribution in [0.4, 0.5) is 5.69 Å². The number of carbonyl (C=O) groups excluding carboxylic acids is 2. The Morgan fingerprint density at radius 3 is 2.56 bits per heavy atom. The number of rotatable bonds is 6. The highest BCUT2D eigenvalue weighted by atomic mass is 16.6. The fraction of sp³-hybridized carbons (Fsp3) is 0.688. The second kappa shape index (κ2) is 7.20. The van der Waals surface area contributed by atoms with Crippen LogP contribution in [-0.2, 0) is 11.2 Å². The van der Waals surface area contributed by atoms with Gasteiger partial charge in [-0.25, -0.2) is 0 Å². The van der Waals surface area contributed by atoms with E-state index in [1.165, 1.54) is 0 Å². The van der Waals surface area contributed by atoms with Gasteiger partial charge in [0.1, 0.15) is 5.69 Å². The van der Waals surface area contributed by atoms with E-state index in [9.17, 15) is 19.7 Å². The fourth-order valence-electron chi connectivity index (χ4n) is 3.18. The van der Waals surface area contributed by atoms with E-state index in [0.717, 1.165) is 19.3 Å². The number of hydrogen-bond donors (Lipinski definition) is 2. The molecule has 136 valence electrons. The van der Waals surface area contributed by atoms with Gasteiger partial charge in [-0.15, -0.1) is 0 Å². The molecular formula is C16H23N5O4. The molecule has 0 radical (unpaired) electrons. The maximum absolute atomic E-state index is 12.6. The number of hydrogen-bond acceptors (Lipinski definition) is 5. The molecular weight excluding hydrogens is 326 g/mol. The van der Waals surface area contributed by atoms with Gasteiger partial charge in [0.15, 0.2) is 0 Å². The van der Waals surface area contributed by atoms with Gasteiger partial charge < -0.3 is 10.2 Å². The number of piperidine rings is 1. The Hall–Kier alpha value is -2.45. The summed E-state index contributed by atoms with van der Waals surface area (Å²) in [6, 6.07) is 0.329. The highest BCUT2D eigenvalue weighted by Gasteiger charge is 2.35. The van der Waals surface area contributed by atoms with Crippen molar-refractivity contribution in [2.24, 2.45) is 5.92 Å². The summed E-state index contributed by atoms with van der Waals surface area (Å²) in [5.41, 5.74) is 0.0318. The molecule has 9 heteroatoms. The predicted octanol–water partition coefficient (Wildman–Crippen LogP) is 1.40. The Kier molecular flexibility index (Phi) is 5.00. The van der Waals surface area contributed by atoms with Crippen molar-refractivity contribution in [3.63, 3.8) is 0 Å². The van der Waals surface area contributed by atoms with Gasteiger partial charge in [-0.1, -0.05) is 13.3 Å². The van der Waals surface area contributed by atoms with E-state index in [1.54, 1.807) is 4.90 Å². The van der Waals surface area contributed by atoms with E-state index in [2.05, 4.69) is 15.5 Å². The summed E-state index contributed by atoms with van der Waals surface area (Å²) in [5, 5.41) is 20.9. The predicted molar refractivity (Wildman–Crippen MR) is 89.0 cm³/mol. The van der Waals surface area contributed by atoms with Crippen LogP contribution in [-0.4, -0.2) is 51.0 Å². The van der Waals surface area contributed by atoms with Gasteiger partial charge in [-0.2, -0.15) is 5.10 Å². The lowest BCUT2D eigenvalue weighted by Gasteiger charge is -2.30. The maximum atomic E-state index is 12.6. The van der Waals surface area contributed by atoms with E-state index in [0.29, 0.717) is 44.1 Å². The first-order chi connectivity index (χ1) is 12.0. The molecule has 0 unspecified atom stereocenters. The molecule has 0 spiro atoms. The number of aromatic amines is 1. The Balaban J connectivity index is 1.64. The summed E-state index contributed by atoms with van der Waals surface area (Å²) in [7, 11) is 0. The summed E-state index contributed by atoms with van der Waals surface area (Å²) in [5.74, 6) is -0.466. The van der Waals surface area contributed by atoms with E-state index >= 15 is 0 Å². The first-order valence-corrected chi connectivity index (χ1v) is 8.82. The summed E-state index contributed by atoms with van der Waals surface area (Å²) in [4.78, 5) is 37.1. The van der Waals surface area contributed by atoms with E-state index < -0.39 is 10.8 Å². The van der Waals surface area contributed by atoms with E-state index in [1.807, 2.05) is 6.92 Å². The Labute approximate surface area is 145 Å². The first-order valence-electron chi connectivity index (χ1n) is 8.82. The number of nitrogens with zero attached hydrogens (tertiary/aromatic N) is 3. The third-order valence-electron chi connectivity index (χ3n) is 4.77. The second-order valence-electron chi connectivity index (χ2n) is 6.76. The maximum Gasteiger partial charge on any atom is 0.322 e. The third-order valence-corrected chi connectivity index (χ3v) is 4.77. The van der Waals surface area contributed by atoms with E-state index in [-0.39, 0.29) is 23.2 Å².